The lowest BCUT2D eigenvalue weighted by atomic mass is 10.2. The van der Waals surface area contributed by atoms with Crippen molar-refractivity contribution in [2.24, 2.45) is 5.73 Å². The van der Waals surface area contributed by atoms with E-state index in [1.54, 1.807) is 0 Å². The fraction of sp³-hybridized carbons (Fsp3) is 0.636. The Morgan fingerprint density at radius 2 is 2.14 bits per heavy atom. The second kappa shape index (κ2) is 4.43. The highest BCUT2D eigenvalue weighted by atomic mass is 32.1. The highest BCUT2D eigenvalue weighted by molar-refractivity contribution is 7.12. The van der Waals surface area contributed by atoms with Crippen molar-refractivity contribution in [3.63, 3.8) is 0 Å². The van der Waals surface area contributed by atoms with Crippen molar-refractivity contribution < 1.29 is 0 Å². The van der Waals surface area contributed by atoms with E-state index in [2.05, 4.69) is 24.0 Å². The topological polar surface area (TPSA) is 29.3 Å². The van der Waals surface area contributed by atoms with Gasteiger partial charge in [-0.15, -0.1) is 11.3 Å². The number of rotatable bonds is 3. The average Bonchev–Trinajstić information content (AvgIpc) is 2.75. The highest BCUT2D eigenvalue weighted by Crippen LogP contribution is 2.22. The van der Waals surface area contributed by atoms with Gasteiger partial charge in [-0.05, 0) is 45.0 Å². The second-order valence-electron chi connectivity index (χ2n) is 4.06. The molecule has 1 aromatic heterocycles. The monoisotopic (exact) mass is 210 g/mol. The number of nitrogens with zero attached hydrogens (tertiary/aromatic N) is 1. The van der Waals surface area contributed by atoms with Crippen molar-refractivity contribution in [1.29, 1.82) is 0 Å². The maximum absolute atomic E-state index is 6.16. The van der Waals surface area contributed by atoms with E-state index in [4.69, 9.17) is 5.73 Å². The average molecular weight is 210 g/mol. The van der Waals surface area contributed by atoms with Gasteiger partial charge in [0.15, 0.2) is 0 Å². The molecule has 0 aromatic carbocycles. The third-order valence-electron chi connectivity index (χ3n) is 2.78. The van der Waals surface area contributed by atoms with Gasteiger partial charge < -0.3 is 10.6 Å². The number of hydrogen-bond acceptors (Lipinski definition) is 3. The van der Waals surface area contributed by atoms with Crippen LogP contribution in [0.3, 0.4) is 0 Å². The zero-order valence-electron chi connectivity index (χ0n) is 8.70. The van der Waals surface area contributed by atoms with Crippen molar-refractivity contribution in [2.75, 3.05) is 19.6 Å². The molecule has 1 atom stereocenters. The lowest BCUT2D eigenvalue weighted by Crippen LogP contribution is -2.29. The maximum atomic E-state index is 6.16. The zero-order valence-corrected chi connectivity index (χ0v) is 9.52. The van der Waals surface area contributed by atoms with E-state index in [0.29, 0.717) is 0 Å². The van der Waals surface area contributed by atoms with Gasteiger partial charge in [0, 0.05) is 16.3 Å². The minimum atomic E-state index is 0.215. The van der Waals surface area contributed by atoms with Crippen molar-refractivity contribution in [2.45, 2.75) is 25.8 Å². The minimum Gasteiger partial charge on any atom is -0.322 e. The first-order chi connectivity index (χ1) is 6.75. The molecule has 2 rings (SSSR count). The van der Waals surface area contributed by atoms with Gasteiger partial charge in [-0.3, -0.25) is 0 Å². The highest BCUT2D eigenvalue weighted by Gasteiger charge is 2.16. The molecule has 14 heavy (non-hydrogen) atoms. The summed E-state index contributed by atoms with van der Waals surface area (Å²) in [5, 5.41) is 0. The molecule has 0 saturated carbocycles. The predicted octanol–water partition coefficient (Wildman–Crippen LogP) is 2.15. The van der Waals surface area contributed by atoms with E-state index in [-0.39, 0.29) is 6.04 Å². The van der Waals surface area contributed by atoms with Crippen LogP contribution in [0, 0.1) is 6.92 Å². The van der Waals surface area contributed by atoms with Gasteiger partial charge in [-0.1, -0.05) is 0 Å². The first-order valence-electron chi connectivity index (χ1n) is 5.30. The van der Waals surface area contributed by atoms with E-state index in [1.165, 1.54) is 35.7 Å². The predicted molar refractivity (Wildman–Crippen MR) is 61.7 cm³/mol. The number of nitrogens with two attached hydrogens (primary N) is 1. The number of aryl methyl sites for hydroxylation is 1. The van der Waals surface area contributed by atoms with Crippen LogP contribution in [0.25, 0.3) is 0 Å². The molecule has 1 aliphatic rings. The summed E-state index contributed by atoms with van der Waals surface area (Å²) in [5.74, 6) is 0. The Morgan fingerprint density at radius 1 is 1.43 bits per heavy atom. The third-order valence-corrected chi connectivity index (χ3v) is 3.91. The molecule has 1 fully saturated rings. The Labute approximate surface area is 89.7 Å². The van der Waals surface area contributed by atoms with Crippen LogP contribution in [-0.4, -0.2) is 24.5 Å². The molecule has 1 aromatic rings. The van der Waals surface area contributed by atoms with Crippen LogP contribution in [-0.2, 0) is 0 Å². The van der Waals surface area contributed by atoms with Crippen LogP contribution in [0.5, 0.6) is 0 Å². The molecular formula is C11H18N2S. The summed E-state index contributed by atoms with van der Waals surface area (Å²) in [6.07, 6.45) is 2.69. The van der Waals surface area contributed by atoms with Crippen molar-refractivity contribution in [3.8, 4) is 0 Å². The smallest absolute Gasteiger partial charge is 0.0519 e. The molecular weight excluding hydrogens is 192 g/mol. The molecule has 1 saturated heterocycles. The van der Waals surface area contributed by atoms with Crippen LogP contribution >= 0.6 is 11.3 Å². The van der Waals surface area contributed by atoms with E-state index in [0.717, 1.165) is 6.54 Å². The molecule has 0 radical (unpaired) electrons. The summed E-state index contributed by atoms with van der Waals surface area (Å²) in [4.78, 5) is 5.16. The fourth-order valence-corrected chi connectivity index (χ4v) is 2.86. The fourth-order valence-electron chi connectivity index (χ4n) is 1.99. The molecule has 2 heterocycles. The third kappa shape index (κ3) is 2.35. The largest absolute Gasteiger partial charge is 0.322 e. The summed E-state index contributed by atoms with van der Waals surface area (Å²) in [5.41, 5.74) is 6.16. The molecule has 0 aliphatic carbocycles. The van der Waals surface area contributed by atoms with Crippen molar-refractivity contribution in [3.05, 3.63) is 21.9 Å². The summed E-state index contributed by atoms with van der Waals surface area (Å²) in [7, 11) is 0. The summed E-state index contributed by atoms with van der Waals surface area (Å²) in [6, 6.07) is 4.54. The molecule has 1 unspecified atom stereocenters. The lowest BCUT2D eigenvalue weighted by Gasteiger charge is -2.18. The molecule has 0 bridgehead atoms. The van der Waals surface area contributed by atoms with Crippen molar-refractivity contribution in [1.82, 2.24) is 4.90 Å². The van der Waals surface area contributed by atoms with E-state index in [9.17, 15) is 0 Å². The Bertz CT molecular complexity index is 289. The second-order valence-corrected chi connectivity index (χ2v) is 5.38. The van der Waals surface area contributed by atoms with E-state index in [1.807, 2.05) is 11.3 Å². The van der Waals surface area contributed by atoms with Crippen LogP contribution in [0.4, 0.5) is 0 Å². The molecule has 0 amide bonds. The molecule has 0 spiro atoms. The lowest BCUT2D eigenvalue weighted by molar-refractivity contribution is 0.317. The first-order valence-corrected chi connectivity index (χ1v) is 6.11. The van der Waals surface area contributed by atoms with Crippen LogP contribution < -0.4 is 5.73 Å². The Morgan fingerprint density at radius 3 is 2.71 bits per heavy atom. The van der Waals surface area contributed by atoms with Gasteiger partial charge in [-0.2, -0.15) is 0 Å². The standard InChI is InChI=1S/C11H18N2S/c1-9-4-5-11(14-9)10(12)8-13-6-2-3-7-13/h4-5,10H,2-3,6-8,12H2,1H3. The van der Waals surface area contributed by atoms with Crippen molar-refractivity contribution >= 4 is 11.3 Å². The Hall–Kier alpha value is -0.380. The molecule has 78 valence electrons. The van der Waals surface area contributed by atoms with Gasteiger partial charge in [0.05, 0.1) is 6.04 Å². The minimum absolute atomic E-state index is 0.215. The molecule has 2 N–H and O–H groups in total. The number of thiophene rings is 1. The molecule has 2 nitrogen and oxygen atoms in total. The van der Waals surface area contributed by atoms with E-state index < -0.39 is 0 Å². The van der Waals surface area contributed by atoms with Crippen LogP contribution in [0.1, 0.15) is 28.6 Å². The van der Waals surface area contributed by atoms with Gasteiger partial charge in [-0.25, -0.2) is 0 Å². The number of likely N-dealkylation sites (tertiary alicyclic amines) is 1. The number of hydrogen-bond donors (Lipinski definition) is 1. The summed E-state index contributed by atoms with van der Waals surface area (Å²) in [6.45, 7) is 5.63. The quantitative estimate of drug-likeness (QED) is 0.828. The first kappa shape index (κ1) is 10.1. The van der Waals surface area contributed by atoms with Crippen LogP contribution in [0.15, 0.2) is 12.1 Å². The Balaban J connectivity index is 1.91. The molecule has 3 heteroatoms. The summed E-state index contributed by atoms with van der Waals surface area (Å²) >= 11 is 1.83. The zero-order chi connectivity index (χ0) is 9.97. The molecule has 1 aliphatic heterocycles. The maximum Gasteiger partial charge on any atom is 0.0519 e. The van der Waals surface area contributed by atoms with Gasteiger partial charge >= 0.3 is 0 Å². The van der Waals surface area contributed by atoms with Crippen LogP contribution in [0.2, 0.25) is 0 Å². The van der Waals surface area contributed by atoms with Gasteiger partial charge in [0.1, 0.15) is 0 Å². The normalized spacial score (nSPS) is 20.1. The SMILES string of the molecule is Cc1ccc(C(N)CN2CCCC2)s1. The van der Waals surface area contributed by atoms with Gasteiger partial charge in [0.25, 0.3) is 0 Å². The van der Waals surface area contributed by atoms with Gasteiger partial charge in [0.2, 0.25) is 0 Å². The Kier molecular flexibility index (Phi) is 3.21. The van der Waals surface area contributed by atoms with E-state index >= 15 is 0 Å². The summed E-state index contributed by atoms with van der Waals surface area (Å²) < 4.78 is 0.